The fourth-order valence-corrected chi connectivity index (χ4v) is 3.76. The number of carboxylic acids is 1. The number of hydrogen-bond donors (Lipinski definition) is 1. The van der Waals surface area contributed by atoms with E-state index in [1.54, 1.807) is 0 Å². The van der Waals surface area contributed by atoms with Crippen molar-refractivity contribution in [2.75, 3.05) is 6.54 Å². The van der Waals surface area contributed by atoms with Gasteiger partial charge in [0.25, 0.3) is 0 Å². The lowest BCUT2D eigenvalue weighted by molar-refractivity contribution is -0.156. The molecule has 104 valence electrons. The monoisotopic (exact) mass is 253 g/mol. The first kappa shape index (κ1) is 13.9. The molecule has 0 spiro atoms. The van der Waals surface area contributed by atoms with E-state index in [0.717, 1.165) is 37.6 Å². The smallest absolute Gasteiger partial charge is 0.323 e. The number of carboxylic acid groups (broad SMARTS) is 1. The van der Waals surface area contributed by atoms with E-state index < -0.39 is 11.5 Å². The van der Waals surface area contributed by atoms with Gasteiger partial charge in [0.2, 0.25) is 0 Å². The van der Waals surface area contributed by atoms with Crippen LogP contribution in [0.15, 0.2) is 0 Å². The molecule has 1 N–H and O–H groups in total. The minimum absolute atomic E-state index is 0.484. The molecule has 18 heavy (non-hydrogen) atoms. The molecule has 1 aliphatic heterocycles. The van der Waals surface area contributed by atoms with Gasteiger partial charge in [-0.2, -0.15) is 0 Å². The average molecular weight is 253 g/mol. The van der Waals surface area contributed by atoms with Crippen molar-refractivity contribution in [3.63, 3.8) is 0 Å². The van der Waals surface area contributed by atoms with Gasteiger partial charge in [-0.3, -0.25) is 9.69 Å². The van der Waals surface area contributed by atoms with Crippen LogP contribution >= 0.6 is 0 Å². The Morgan fingerprint density at radius 3 is 2.56 bits per heavy atom. The van der Waals surface area contributed by atoms with E-state index >= 15 is 0 Å². The highest BCUT2D eigenvalue weighted by Gasteiger charge is 2.45. The van der Waals surface area contributed by atoms with Crippen LogP contribution in [-0.2, 0) is 4.79 Å². The first-order valence-electron chi connectivity index (χ1n) is 7.45. The van der Waals surface area contributed by atoms with E-state index in [1.807, 2.05) is 6.92 Å². The van der Waals surface area contributed by atoms with Gasteiger partial charge in [-0.15, -0.1) is 0 Å². The van der Waals surface area contributed by atoms with Crippen LogP contribution < -0.4 is 0 Å². The SMILES string of the molecule is CC1CCC(N2CCCCC2(C)C(=O)O)CC1C. The number of aliphatic carboxylic acids is 1. The molecule has 2 rings (SSSR count). The van der Waals surface area contributed by atoms with Crippen molar-refractivity contribution < 1.29 is 9.90 Å². The van der Waals surface area contributed by atoms with Crippen molar-refractivity contribution in [1.29, 1.82) is 0 Å². The predicted octanol–water partition coefficient (Wildman–Crippen LogP) is 3.14. The van der Waals surface area contributed by atoms with Gasteiger partial charge in [-0.05, 0) is 63.8 Å². The summed E-state index contributed by atoms with van der Waals surface area (Å²) in [5.41, 5.74) is -0.622. The standard InChI is InChI=1S/C15H27NO2/c1-11-6-7-13(10-12(11)2)16-9-5-4-8-15(16,3)14(17)18/h11-13H,4-10H2,1-3H3,(H,17,18). The summed E-state index contributed by atoms with van der Waals surface area (Å²) in [6.45, 7) is 7.54. The number of nitrogens with zero attached hydrogens (tertiary/aromatic N) is 1. The van der Waals surface area contributed by atoms with Crippen LogP contribution in [0.25, 0.3) is 0 Å². The fourth-order valence-electron chi connectivity index (χ4n) is 3.76. The molecule has 0 aromatic carbocycles. The molecule has 4 atom stereocenters. The Hall–Kier alpha value is -0.570. The molecule has 1 saturated carbocycles. The molecule has 0 amide bonds. The van der Waals surface area contributed by atoms with E-state index in [-0.39, 0.29) is 0 Å². The zero-order valence-corrected chi connectivity index (χ0v) is 12.0. The molecule has 0 bridgehead atoms. The quantitative estimate of drug-likeness (QED) is 0.822. The maximum absolute atomic E-state index is 11.6. The zero-order chi connectivity index (χ0) is 13.3. The van der Waals surface area contributed by atoms with Crippen LogP contribution in [0.2, 0.25) is 0 Å². The number of likely N-dealkylation sites (tertiary alicyclic amines) is 1. The highest BCUT2D eigenvalue weighted by molar-refractivity contribution is 5.78. The van der Waals surface area contributed by atoms with E-state index in [1.165, 1.54) is 19.3 Å². The van der Waals surface area contributed by atoms with Gasteiger partial charge in [-0.25, -0.2) is 0 Å². The third kappa shape index (κ3) is 2.42. The van der Waals surface area contributed by atoms with E-state index in [0.29, 0.717) is 6.04 Å². The van der Waals surface area contributed by atoms with Gasteiger partial charge in [-0.1, -0.05) is 13.8 Å². The molecule has 2 aliphatic rings. The molecule has 3 nitrogen and oxygen atoms in total. The summed E-state index contributed by atoms with van der Waals surface area (Å²) in [4.78, 5) is 13.9. The Bertz CT molecular complexity index is 318. The van der Waals surface area contributed by atoms with E-state index in [2.05, 4.69) is 18.7 Å². The van der Waals surface area contributed by atoms with Crippen molar-refractivity contribution in [2.45, 2.75) is 70.9 Å². The minimum Gasteiger partial charge on any atom is -0.480 e. The molecule has 0 aromatic rings. The summed E-state index contributed by atoms with van der Waals surface area (Å²) in [5, 5.41) is 9.57. The molecule has 4 unspecified atom stereocenters. The zero-order valence-electron chi connectivity index (χ0n) is 12.0. The van der Waals surface area contributed by atoms with Gasteiger partial charge >= 0.3 is 5.97 Å². The van der Waals surface area contributed by atoms with Crippen LogP contribution in [0.4, 0.5) is 0 Å². The van der Waals surface area contributed by atoms with Crippen molar-refractivity contribution >= 4 is 5.97 Å². The molecule has 1 saturated heterocycles. The van der Waals surface area contributed by atoms with Gasteiger partial charge in [0.05, 0.1) is 0 Å². The topological polar surface area (TPSA) is 40.5 Å². The van der Waals surface area contributed by atoms with Gasteiger partial charge < -0.3 is 5.11 Å². The first-order chi connectivity index (χ1) is 8.45. The van der Waals surface area contributed by atoms with Crippen molar-refractivity contribution in [1.82, 2.24) is 4.90 Å². The van der Waals surface area contributed by atoms with E-state index in [9.17, 15) is 9.90 Å². The Labute approximate surface area is 111 Å². The number of piperidine rings is 1. The van der Waals surface area contributed by atoms with Crippen LogP contribution in [-0.4, -0.2) is 34.1 Å². The molecule has 3 heteroatoms. The fraction of sp³-hybridized carbons (Fsp3) is 0.933. The number of hydrogen-bond acceptors (Lipinski definition) is 2. The maximum atomic E-state index is 11.6. The second-order valence-corrected chi connectivity index (χ2v) is 6.65. The Morgan fingerprint density at radius 2 is 1.94 bits per heavy atom. The largest absolute Gasteiger partial charge is 0.480 e. The van der Waals surface area contributed by atoms with Crippen molar-refractivity contribution in [3.05, 3.63) is 0 Å². The summed E-state index contributed by atoms with van der Waals surface area (Å²) in [7, 11) is 0. The normalized spacial score (nSPS) is 42.7. The van der Waals surface area contributed by atoms with Gasteiger partial charge in [0, 0.05) is 6.04 Å². The predicted molar refractivity (Wildman–Crippen MR) is 72.6 cm³/mol. The summed E-state index contributed by atoms with van der Waals surface area (Å²) in [6, 6.07) is 0.484. The summed E-state index contributed by atoms with van der Waals surface area (Å²) < 4.78 is 0. The van der Waals surface area contributed by atoms with E-state index in [4.69, 9.17) is 0 Å². The second-order valence-electron chi connectivity index (χ2n) is 6.65. The summed E-state index contributed by atoms with van der Waals surface area (Å²) in [5.74, 6) is 0.888. The lowest BCUT2D eigenvalue weighted by Crippen LogP contribution is -2.59. The minimum atomic E-state index is -0.631. The average Bonchev–Trinajstić information content (AvgIpc) is 2.33. The Kier molecular flexibility index (Phi) is 4.00. The van der Waals surface area contributed by atoms with Crippen LogP contribution in [0.3, 0.4) is 0 Å². The summed E-state index contributed by atoms with van der Waals surface area (Å²) >= 11 is 0. The number of carbonyl (C=O) groups is 1. The Morgan fingerprint density at radius 1 is 1.22 bits per heavy atom. The third-order valence-electron chi connectivity index (χ3n) is 5.42. The molecule has 1 heterocycles. The third-order valence-corrected chi connectivity index (χ3v) is 5.42. The molecule has 1 aliphatic carbocycles. The van der Waals surface area contributed by atoms with Gasteiger partial charge in [0.15, 0.2) is 0 Å². The molecular formula is C15H27NO2. The van der Waals surface area contributed by atoms with Crippen LogP contribution in [0.1, 0.15) is 59.3 Å². The van der Waals surface area contributed by atoms with Crippen LogP contribution in [0, 0.1) is 11.8 Å². The Balaban J connectivity index is 2.12. The second kappa shape index (κ2) is 5.20. The highest BCUT2D eigenvalue weighted by atomic mass is 16.4. The molecule has 0 radical (unpaired) electrons. The van der Waals surface area contributed by atoms with Crippen molar-refractivity contribution in [3.8, 4) is 0 Å². The van der Waals surface area contributed by atoms with Crippen LogP contribution in [0.5, 0.6) is 0 Å². The maximum Gasteiger partial charge on any atom is 0.323 e. The highest BCUT2D eigenvalue weighted by Crippen LogP contribution is 2.38. The first-order valence-corrected chi connectivity index (χ1v) is 7.45. The number of rotatable bonds is 2. The summed E-state index contributed by atoms with van der Waals surface area (Å²) in [6.07, 6.45) is 6.61. The molecular weight excluding hydrogens is 226 g/mol. The lowest BCUT2D eigenvalue weighted by atomic mass is 9.76. The lowest BCUT2D eigenvalue weighted by Gasteiger charge is -2.49. The molecule has 2 fully saturated rings. The van der Waals surface area contributed by atoms with Gasteiger partial charge in [0.1, 0.15) is 5.54 Å². The molecule has 0 aromatic heterocycles. The van der Waals surface area contributed by atoms with Crippen molar-refractivity contribution in [2.24, 2.45) is 11.8 Å².